The highest BCUT2D eigenvalue weighted by molar-refractivity contribution is 9.09. The normalized spacial score (nSPS) is 10.3. The third-order valence-corrected chi connectivity index (χ3v) is 14.4. The number of halogens is 2. The quantitative estimate of drug-likeness (QED) is 0.0116. The first-order valence-electron chi connectivity index (χ1n) is 30.4. The van der Waals surface area contributed by atoms with Crippen LogP contribution in [0, 0.1) is 13.8 Å². The van der Waals surface area contributed by atoms with Crippen LogP contribution in [0.25, 0.3) is 0 Å². The second-order valence-corrected chi connectivity index (χ2v) is 22.4. The Hall–Kier alpha value is -9.54. The summed E-state index contributed by atoms with van der Waals surface area (Å²) in [6.07, 6.45) is 12.4. The monoisotopic (exact) mass is 1430 g/mol. The number of hydrogen-bond donors (Lipinski definition) is 0. The van der Waals surface area contributed by atoms with Crippen LogP contribution in [0.1, 0.15) is 163 Å². The molecule has 0 unspecified atom stereocenters. The molecule has 504 valence electrons. The van der Waals surface area contributed by atoms with Crippen LogP contribution in [0.4, 0.5) is 0 Å². The molecule has 0 aliphatic heterocycles. The number of carbonyl (C=O) groups is 10. The third-order valence-electron chi connectivity index (χ3n) is 13.3. The van der Waals surface area contributed by atoms with Gasteiger partial charge in [-0.1, -0.05) is 65.3 Å². The molecule has 0 saturated heterocycles. The molecule has 0 aliphatic carbocycles. The first kappa shape index (κ1) is 77.9. The van der Waals surface area contributed by atoms with Gasteiger partial charge >= 0.3 is 59.7 Å². The summed E-state index contributed by atoms with van der Waals surface area (Å²) in [5, 5.41) is 1.82. The molecular weight excluding hydrogens is 1360 g/mol. The number of carbonyl (C=O) groups excluding carboxylic acids is 10. The van der Waals surface area contributed by atoms with Crippen molar-refractivity contribution in [1.29, 1.82) is 0 Å². The molecule has 95 heavy (non-hydrogen) atoms. The largest absolute Gasteiger partial charge is 0.463 e. The molecule has 0 fully saturated rings. The van der Waals surface area contributed by atoms with Gasteiger partial charge in [-0.2, -0.15) is 0 Å². The fourth-order valence-corrected chi connectivity index (χ4v) is 9.05. The Kier molecular flexibility index (Phi) is 35.6. The molecule has 6 rings (SSSR count). The maximum absolute atomic E-state index is 12.7. The number of unbranched alkanes of at least 4 members (excludes halogenated alkanes) is 8. The molecule has 6 aromatic carbocycles. The van der Waals surface area contributed by atoms with Gasteiger partial charge in [-0.25, -0.2) is 28.8 Å². The fraction of sp³-hybridized carbons (Fsp3) is 0.315. The predicted molar refractivity (Wildman–Crippen MR) is 361 cm³/mol. The van der Waals surface area contributed by atoms with Crippen molar-refractivity contribution >= 4 is 91.6 Å². The Morgan fingerprint density at radius 1 is 0.326 bits per heavy atom. The number of alkyl halides is 2. The van der Waals surface area contributed by atoms with Crippen LogP contribution in [0.2, 0.25) is 0 Å². The van der Waals surface area contributed by atoms with Gasteiger partial charge in [-0.05, 0) is 223 Å². The number of rotatable bonds is 36. The highest BCUT2D eigenvalue weighted by Crippen LogP contribution is 2.28. The predicted octanol–water partition coefficient (Wildman–Crippen LogP) is 15.6. The molecule has 0 atom stereocenters. The molecule has 0 aliphatic rings. The summed E-state index contributed by atoms with van der Waals surface area (Å²) in [6, 6.07) is 33.4. The molecule has 6 aromatic rings. The van der Waals surface area contributed by atoms with E-state index in [4.69, 9.17) is 47.4 Å². The summed E-state index contributed by atoms with van der Waals surface area (Å²) < 4.78 is 53.0. The molecule has 0 bridgehead atoms. The van der Waals surface area contributed by atoms with E-state index in [1.165, 1.54) is 91.0 Å². The smallest absolute Gasteiger partial charge is 0.343 e. The van der Waals surface area contributed by atoms with Gasteiger partial charge in [-0.15, -0.1) is 0 Å². The van der Waals surface area contributed by atoms with Crippen LogP contribution in [-0.2, 0) is 38.2 Å². The molecule has 0 radical (unpaired) electrons. The molecule has 22 heteroatoms. The van der Waals surface area contributed by atoms with E-state index in [2.05, 4.69) is 45.0 Å². The van der Waals surface area contributed by atoms with E-state index >= 15 is 0 Å². The fourth-order valence-electron chi connectivity index (χ4n) is 8.26. The topological polar surface area (TPSA) is 263 Å². The average molecular weight is 1440 g/mol. The van der Waals surface area contributed by atoms with E-state index in [0.29, 0.717) is 79.7 Å². The number of esters is 10. The summed E-state index contributed by atoms with van der Waals surface area (Å²) in [5.41, 5.74) is 2.16. The third kappa shape index (κ3) is 30.0. The Morgan fingerprint density at radius 3 is 0.832 bits per heavy atom. The lowest BCUT2D eigenvalue weighted by molar-refractivity contribution is -0.138. The van der Waals surface area contributed by atoms with Gasteiger partial charge in [0.05, 0.1) is 35.5 Å². The number of benzene rings is 6. The summed E-state index contributed by atoms with van der Waals surface area (Å²) in [6.45, 7) is 10.6. The minimum absolute atomic E-state index is 0. The van der Waals surface area contributed by atoms with Crippen molar-refractivity contribution in [2.75, 3.05) is 23.9 Å². The van der Waals surface area contributed by atoms with Gasteiger partial charge in [-0.3, -0.25) is 19.2 Å². The van der Waals surface area contributed by atoms with Crippen molar-refractivity contribution in [3.63, 3.8) is 0 Å². The standard InChI is InChI=1S/C39H40O12.C33H34Br2O8.CH4/c1-4-34(40)46-24-10-6-8-12-36(42)48-30-18-14-28(15-19-30)38(44)50-32-22-23-33(27(3)26-32)51-39(45)29-16-20-31(21-17-29)49-37(43)13-9-7-11-25-47-35(41)5-2;1-23-22-28(42-32(38)24-10-14-26(15-11-24)40-30(36)8-4-2-6-20-34)18-19-29(23)43-33(39)25-12-16-27(17-13-25)41-31(37)9-5-3-7-21-35;/h4-5,14-23,26H,1-2,6-13,24-25H2,3H3;10-19,22H,2-9,20-21H2,1H3;1H4. The number of ether oxygens (including phenoxy) is 10. The zero-order valence-electron chi connectivity index (χ0n) is 52.3. The maximum Gasteiger partial charge on any atom is 0.343 e. The van der Waals surface area contributed by atoms with Crippen LogP contribution in [0.5, 0.6) is 46.0 Å². The maximum atomic E-state index is 12.7. The second-order valence-electron chi connectivity index (χ2n) is 20.8. The Bertz CT molecular complexity index is 3530. The van der Waals surface area contributed by atoms with Gasteiger partial charge < -0.3 is 47.4 Å². The Labute approximate surface area is 569 Å². The summed E-state index contributed by atoms with van der Waals surface area (Å²) in [7, 11) is 0. The van der Waals surface area contributed by atoms with E-state index in [-0.39, 0.29) is 96.4 Å². The van der Waals surface area contributed by atoms with Gasteiger partial charge in [0.15, 0.2) is 0 Å². The van der Waals surface area contributed by atoms with Crippen molar-refractivity contribution < 1.29 is 95.3 Å². The highest BCUT2D eigenvalue weighted by atomic mass is 79.9. The van der Waals surface area contributed by atoms with Crippen molar-refractivity contribution in [1.82, 2.24) is 0 Å². The molecule has 0 heterocycles. The number of aryl methyl sites for hydroxylation is 2. The van der Waals surface area contributed by atoms with Gasteiger partial charge in [0.1, 0.15) is 46.0 Å². The van der Waals surface area contributed by atoms with Crippen molar-refractivity contribution in [3.8, 4) is 46.0 Å². The molecule has 0 aromatic heterocycles. The lowest BCUT2D eigenvalue weighted by atomic mass is 10.2. The summed E-state index contributed by atoms with van der Waals surface area (Å²) in [4.78, 5) is 121. The zero-order chi connectivity index (χ0) is 68.0. The van der Waals surface area contributed by atoms with Crippen molar-refractivity contribution in [3.05, 3.63) is 192 Å². The Balaban J connectivity index is 0.000000406. The molecule has 0 saturated carbocycles. The number of hydrogen-bond acceptors (Lipinski definition) is 20. The SMILES string of the molecule is C.C=CC(=O)OCCCCCC(=O)Oc1ccc(C(=O)Oc2ccc(OC(=O)c3ccc(OC(=O)CCCCCOC(=O)C=C)cc3)c(C)c2)cc1.Cc1cc(OC(=O)c2ccc(OC(=O)CCCCCBr)cc2)ccc1OC(=O)c1ccc(OC(=O)CCCCCBr)cc1. The minimum Gasteiger partial charge on any atom is -0.463 e. The molecule has 0 spiro atoms. The molecule has 20 nitrogen and oxygen atoms in total. The van der Waals surface area contributed by atoms with E-state index < -0.39 is 47.8 Å². The lowest BCUT2D eigenvalue weighted by Gasteiger charge is -2.11. The van der Waals surface area contributed by atoms with Gasteiger partial charge in [0.2, 0.25) is 0 Å². The van der Waals surface area contributed by atoms with E-state index in [9.17, 15) is 47.9 Å². The molecule has 0 amide bonds. The van der Waals surface area contributed by atoms with E-state index in [0.717, 1.165) is 61.3 Å². The van der Waals surface area contributed by atoms with Crippen LogP contribution in [0.15, 0.2) is 159 Å². The summed E-state index contributed by atoms with van der Waals surface area (Å²) >= 11 is 6.73. The van der Waals surface area contributed by atoms with E-state index in [1.807, 2.05) is 0 Å². The van der Waals surface area contributed by atoms with Crippen LogP contribution < -0.4 is 37.9 Å². The van der Waals surface area contributed by atoms with Crippen LogP contribution >= 0.6 is 31.9 Å². The Morgan fingerprint density at radius 2 is 0.579 bits per heavy atom. The zero-order valence-corrected chi connectivity index (χ0v) is 55.5. The summed E-state index contributed by atoms with van der Waals surface area (Å²) in [5.74, 6) is -2.52. The van der Waals surface area contributed by atoms with Gasteiger partial charge in [0.25, 0.3) is 0 Å². The van der Waals surface area contributed by atoms with Crippen molar-refractivity contribution in [2.24, 2.45) is 0 Å². The average Bonchev–Trinajstić information content (AvgIpc) is 0.949. The van der Waals surface area contributed by atoms with E-state index in [1.54, 1.807) is 56.3 Å². The highest BCUT2D eigenvalue weighted by Gasteiger charge is 2.18. The molecular formula is C73H78Br2O20. The first-order valence-corrected chi connectivity index (χ1v) is 32.6. The first-order chi connectivity index (χ1) is 45.4. The van der Waals surface area contributed by atoms with Crippen LogP contribution in [0.3, 0.4) is 0 Å². The second kappa shape index (κ2) is 43.4. The lowest BCUT2D eigenvalue weighted by Crippen LogP contribution is -2.11. The minimum atomic E-state index is -0.637. The van der Waals surface area contributed by atoms with Crippen molar-refractivity contribution in [2.45, 2.75) is 124 Å². The molecule has 0 N–H and O–H groups in total. The van der Waals surface area contributed by atoms with Gasteiger partial charge in [0, 0.05) is 48.5 Å². The van der Waals surface area contributed by atoms with Crippen LogP contribution in [-0.4, -0.2) is 83.6 Å².